The van der Waals surface area contributed by atoms with E-state index in [0.717, 1.165) is 41.0 Å². The van der Waals surface area contributed by atoms with E-state index in [2.05, 4.69) is 174 Å². The molecule has 0 bridgehead atoms. The molecule has 0 spiro atoms. The smallest absolute Gasteiger partial charge is 0.568 e. The Hall–Kier alpha value is 2.41. The molecule has 3 N–H and O–H groups in total. The van der Waals surface area contributed by atoms with Gasteiger partial charge in [-0.05, 0) is 95.6 Å². The van der Waals surface area contributed by atoms with Crippen LogP contribution in [0.25, 0.3) is 0 Å². The standard InChI is InChI=1S/3C3Br3N2.BH3O3.Cu/c3*4-1-2(5)7-8-3(1)6;2-1(3)4;/h;;;2-4H;/q3*-1;;. The van der Waals surface area contributed by atoms with Crippen LogP contribution in [0.15, 0.2) is 41.0 Å². The van der Waals surface area contributed by atoms with Gasteiger partial charge in [0.25, 0.3) is 0 Å². The molecule has 0 aliphatic carbocycles. The summed E-state index contributed by atoms with van der Waals surface area (Å²) >= 11 is 28.7. The summed E-state index contributed by atoms with van der Waals surface area (Å²) in [6.45, 7) is 0. The fourth-order valence-corrected chi connectivity index (χ4v) is 3.66. The fraction of sp³-hybridized carbons (Fsp3) is 0. The zero-order valence-corrected chi connectivity index (χ0v) is 28.0. The topological polar surface area (TPSA) is 142 Å². The molecule has 167 valence electrons. The second-order valence-corrected chi connectivity index (χ2v) is 10.5. The first kappa shape index (κ1) is 33.6. The number of aromatic nitrogens is 6. The molecule has 0 atom stereocenters. The molecule has 0 amide bonds. The molecule has 0 unspecified atom stereocenters. The minimum atomic E-state index is -2.17. The molecule has 3 rings (SSSR count). The molecule has 0 fully saturated rings. The van der Waals surface area contributed by atoms with Crippen molar-refractivity contribution in [3.05, 3.63) is 41.0 Å². The van der Waals surface area contributed by atoms with E-state index in [-0.39, 0.29) is 17.1 Å². The summed E-state index contributed by atoms with van der Waals surface area (Å²) in [6, 6.07) is 0. The summed E-state index contributed by atoms with van der Waals surface area (Å²) in [5, 5.41) is 43.6. The van der Waals surface area contributed by atoms with Gasteiger partial charge in [-0.3, -0.25) is 0 Å². The molecular formula is C9H3BBr9CuN6O3-3. The minimum Gasteiger partial charge on any atom is -0.568 e. The summed E-state index contributed by atoms with van der Waals surface area (Å²) in [5.41, 5.74) is 0. The van der Waals surface area contributed by atoms with Crippen molar-refractivity contribution in [3.63, 3.8) is 0 Å². The first-order valence-corrected chi connectivity index (χ1v) is 13.1. The van der Waals surface area contributed by atoms with Crippen LogP contribution in [-0.4, -0.2) is 37.7 Å². The van der Waals surface area contributed by atoms with Gasteiger partial charge in [0.15, 0.2) is 0 Å². The number of rotatable bonds is 0. The van der Waals surface area contributed by atoms with Crippen molar-refractivity contribution in [3.8, 4) is 0 Å². The Morgan fingerprint density at radius 2 is 0.690 bits per heavy atom. The quantitative estimate of drug-likeness (QED) is 0.268. The molecule has 0 aliphatic rings. The predicted molar refractivity (Wildman–Crippen MR) is 134 cm³/mol. The van der Waals surface area contributed by atoms with Gasteiger partial charge in [-0.15, -0.1) is 0 Å². The molecule has 0 saturated carbocycles. The van der Waals surface area contributed by atoms with Crippen LogP contribution >= 0.6 is 143 Å². The summed E-state index contributed by atoms with van der Waals surface area (Å²) in [4.78, 5) is 0. The van der Waals surface area contributed by atoms with Gasteiger partial charge in [0.05, 0.1) is 13.8 Å². The van der Waals surface area contributed by atoms with Crippen LogP contribution in [0.1, 0.15) is 0 Å². The first-order chi connectivity index (χ1) is 12.9. The van der Waals surface area contributed by atoms with Crippen LogP contribution in [-0.2, 0) is 17.1 Å². The summed E-state index contributed by atoms with van der Waals surface area (Å²) < 4.78 is 6.93. The van der Waals surface area contributed by atoms with Gasteiger partial charge in [-0.1, -0.05) is 61.6 Å². The number of halogens is 9. The minimum absolute atomic E-state index is 0. The average molecular weight is 1040 g/mol. The van der Waals surface area contributed by atoms with Gasteiger partial charge in [0, 0.05) is 30.5 Å². The summed E-state index contributed by atoms with van der Waals surface area (Å²) in [6.07, 6.45) is 0. The van der Waals surface area contributed by atoms with Crippen LogP contribution in [0, 0.1) is 0 Å². The van der Waals surface area contributed by atoms with Crippen LogP contribution in [0.5, 0.6) is 0 Å². The van der Waals surface area contributed by atoms with Gasteiger partial charge < -0.3 is 45.7 Å². The van der Waals surface area contributed by atoms with Crippen molar-refractivity contribution < 1.29 is 32.1 Å². The van der Waals surface area contributed by atoms with Gasteiger partial charge in [-0.25, -0.2) is 0 Å². The molecule has 20 heteroatoms. The zero-order valence-electron chi connectivity index (χ0n) is 12.8. The third-order valence-electron chi connectivity index (χ3n) is 1.76. The maximum atomic E-state index is 7.17. The second-order valence-electron chi connectivity index (χ2n) is 3.63. The Labute approximate surface area is 250 Å². The van der Waals surface area contributed by atoms with E-state index < -0.39 is 7.32 Å². The maximum absolute atomic E-state index is 7.17. The monoisotopic (exact) mass is 1030 g/mol. The SMILES string of the molecule is Brc1n[n-]c(Br)c1Br.Brc1n[n-]c(Br)c1Br.Brc1n[n-]c(Br)c1Br.OB(O)O.[Cu]. The van der Waals surface area contributed by atoms with Crippen LogP contribution in [0.2, 0.25) is 0 Å². The third kappa shape index (κ3) is 14.3. The second kappa shape index (κ2) is 17.8. The molecule has 0 aromatic carbocycles. The molecule has 29 heavy (non-hydrogen) atoms. The third-order valence-corrected chi connectivity index (χ3v) is 10.5. The van der Waals surface area contributed by atoms with E-state index in [9.17, 15) is 0 Å². The molecular weight excluding hydrogens is 1030 g/mol. The molecule has 3 aromatic heterocycles. The van der Waals surface area contributed by atoms with Gasteiger partial charge in [0.2, 0.25) is 0 Å². The fourth-order valence-electron chi connectivity index (χ4n) is 0.782. The predicted octanol–water partition coefficient (Wildman–Crippen LogP) is 4.92. The Kier molecular flexibility index (Phi) is 20.7. The van der Waals surface area contributed by atoms with E-state index in [1.807, 2.05) is 0 Å². The Bertz CT molecular complexity index is 696. The number of nitrogens with zero attached hydrogens (tertiary/aromatic N) is 6. The van der Waals surface area contributed by atoms with Gasteiger partial charge in [-0.2, -0.15) is 0 Å². The molecule has 3 heterocycles. The number of hydrogen-bond acceptors (Lipinski definition) is 6. The van der Waals surface area contributed by atoms with Crippen LogP contribution in [0.4, 0.5) is 0 Å². The van der Waals surface area contributed by atoms with E-state index >= 15 is 0 Å². The van der Waals surface area contributed by atoms with Crippen molar-refractivity contribution in [1.29, 1.82) is 0 Å². The Balaban J connectivity index is 0. The molecule has 0 aliphatic heterocycles. The molecule has 1 radical (unpaired) electrons. The van der Waals surface area contributed by atoms with Crippen molar-refractivity contribution in [2.45, 2.75) is 0 Å². The van der Waals surface area contributed by atoms with Gasteiger partial charge in [0.1, 0.15) is 0 Å². The molecule has 9 nitrogen and oxygen atoms in total. The normalized spacial score (nSPS) is 9.10. The largest absolute Gasteiger partial charge is 0.631 e. The Morgan fingerprint density at radius 1 is 0.517 bits per heavy atom. The van der Waals surface area contributed by atoms with Crippen molar-refractivity contribution >= 4 is 151 Å². The summed E-state index contributed by atoms with van der Waals surface area (Å²) in [5.74, 6) is 0. The summed E-state index contributed by atoms with van der Waals surface area (Å²) in [7, 11) is -2.17. The van der Waals surface area contributed by atoms with Gasteiger partial charge >= 0.3 is 7.32 Å². The first-order valence-electron chi connectivity index (χ1n) is 5.92. The van der Waals surface area contributed by atoms with Crippen molar-refractivity contribution in [2.75, 3.05) is 0 Å². The van der Waals surface area contributed by atoms with E-state index in [1.165, 1.54) is 0 Å². The molecule has 3 aromatic rings. The maximum Gasteiger partial charge on any atom is 0.631 e. The van der Waals surface area contributed by atoms with Crippen molar-refractivity contribution in [1.82, 2.24) is 30.6 Å². The number of hydrogen-bond donors (Lipinski definition) is 3. The van der Waals surface area contributed by atoms with E-state index in [1.54, 1.807) is 0 Å². The van der Waals surface area contributed by atoms with Crippen LogP contribution in [0.3, 0.4) is 0 Å². The average Bonchev–Trinajstić information content (AvgIpc) is 3.20. The zero-order chi connectivity index (χ0) is 22.0. The van der Waals surface area contributed by atoms with E-state index in [4.69, 9.17) is 15.1 Å². The van der Waals surface area contributed by atoms with Crippen molar-refractivity contribution in [2.24, 2.45) is 0 Å². The van der Waals surface area contributed by atoms with Crippen LogP contribution < -0.4 is 15.3 Å². The van der Waals surface area contributed by atoms with E-state index in [0.29, 0.717) is 0 Å². The molecule has 0 saturated heterocycles. The Morgan fingerprint density at radius 3 is 0.724 bits per heavy atom.